The number of hydrogen-bond acceptors (Lipinski definition) is 3. The summed E-state index contributed by atoms with van der Waals surface area (Å²) in [5.41, 5.74) is -0.274. The van der Waals surface area contributed by atoms with E-state index in [1.165, 1.54) is 0 Å². The number of aromatic nitrogens is 2. The SMILES string of the molecule is O=C1CCCN1CCCN1CCC[C@@H](c2cc(C(F)(F)F)n[nH]2)C1. The monoisotopic (exact) mass is 344 g/mol. The number of carbonyl (C=O) groups excluding carboxylic acids is 1. The summed E-state index contributed by atoms with van der Waals surface area (Å²) >= 11 is 0. The molecule has 134 valence electrons. The van der Waals surface area contributed by atoms with Crippen LogP contribution in [0.1, 0.15) is 49.4 Å². The Labute approximate surface area is 139 Å². The van der Waals surface area contributed by atoms with Gasteiger partial charge in [-0.15, -0.1) is 0 Å². The summed E-state index contributed by atoms with van der Waals surface area (Å²) in [6, 6.07) is 1.14. The molecule has 2 aliphatic rings. The molecule has 2 saturated heterocycles. The van der Waals surface area contributed by atoms with Crippen molar-refractivity contribution in [2.24, 2.45) is 0 Å². The van der Waals surface area contributed by atoms with E-state index in [4.69, 9.17) is 0 Å². The number of likely N-dealkylation sites (tertiary alicyclic amines) is 2. The Morgan fingerprint density at radius 2 is 2.08 bits per heavy atom. The third-order valence-corrected chi connectivity index (χ3v) is 4.91. The molecule has 2 fully saturated rings. The summed E-state index contributed by atoms with van der Waals surface area (Å²) in [5, 5.41) is 5.96. The fourth-order valence-corrected chi connectivity index (χ4v) is 3.63. The van der Waals surface area contributed by atoms with Crippen LogP contribution in [0.15, 0.2) is 6.07 Å². The molecule has 1 N–H and O–H groups in total. The van der Waals surface area contributed by atoms with Crippen molar-refractivity contribution in [3.8, 4) is 0 Å². The molecule has 0 aliphatic carbocycles. The predicted octanol–water partition coefficient (Wildman–Crippen LogP) is 2.62. The highest BCUT2D eigenvalue weighted by atomic mass is 19.4. The van der Waals surface area contributed by atoms with E-state index in [2.05, 4.69) is 15.1 Å². The Kier molecular flexibility index (Phi) is 5.12. The van der Waals surface area contributed by atoms with Crippen LogP contribution >= 0.6 is 0 Å². The number of H-pyrrole nitrogens is 1. The van der Waals surface area contributed by atoms with Crippen molar-refractivity contribution in [3.05, 3.63) is 17.5 Å². The zero-order valence-corrected chi connectivity index (χ0v) is 13.6. The Morgan fingerprint density at radius 3 is 2.75 bits per heavy atom. The van der Waals surface area contributed by atoms with Gasteiger partial charge in [0.1, 0.15) is 0 Å². The number of hydrogen-bond donors (Lipinski definition) is 1. The third kappa shape index (κ3) is 4.09. The predicted molar refractivity (Wildman–Crippen MR) is 82.4 cm³/mol. The lowest BCUT2D eigenvalue weighted by Crippen LogP contribution is -2.37. The van der Waals surface area contributed by atoms with Gasteiger partial charge in [-0.05, 0) is 44.8 Å². The second kappa shape index (κ2) is 7.13. The summed E-state index contributed by atoms with van der Waals surface area (Å²) in [6.07, 6.45) is -0.0337. The maximum atomic E-state index is 12.7. The van der Waals surface area contributed by atoms with Crippen LogP contribution in [-0.2, 0) is 11.0 Å². The summed E-state index contributed by atoms with van der Waals surface area (Å²) in [4.78, 5) is 15.8. The first-order valence-electron chi connectivity index (χ1n) is 8.56. The van der Waals surface area contributed by atoms with E-state index in [9.17, 15) is 18.0 Å². The lowest BCUT2D eigenvalue weighted by Gasteiger charge is -2.32. The topological polar surface area (TPSA) is 52.2 Å². The van der Waals surface area contributed by atoms with Crippen LogP contribution in [0.5, 0.6) is 0 Å². The minimum atomic E-state index is -4.40. The van der Waals surface area contributed by atoms with Gasteiger partial charge in [0.2, 0.25) is 5.91 Å². The van der Waals surface area contributed by atoms with Crippen LogP contribution in [-0.4, -0.2) is 58.6 Å². The maximum absolute atomic E-state index is 12.7. The van der Waals surface area contributed by atoms with Gasteiger partial charge in [-0.25, -0.2) is 0 Å². The fourth-order valence-electron chi connectivity index (χ4n) is 3.63. The van der Waals surface area contributed by atoms with Gasteiger partial charge in [0.15, 0.2) is 5.69 Å². The van der Waals surface area contributed by atoms with Crippen molar-refractivity contribution in [3.63, 3.8) is 0 Å². The van der Waals surface area contributed by atoms with Crippen LogP contribution < -0.4 is 0 Å². The van der Waals surface area contributed by atoms with E-state index in [0.717, 1.165) is 64.5 Å². The smallest absolute Gasteiger partial charge is 0.343 e. The molecule has 3 rings (SSSR count). The highest BCUT2D eigenvalue weighted by Crippen LogP contribution is 2.32. The van der Waals surface area contributed by atoms with Gasteiger partial charge >= 0.3 is 6.18 Å². The molecular formula is C16H23F3N4O. The molecule has 24 heavy (non-hydrogen) atoms. The van der Waals surface area contributed by atoms with Crippen molar-refractivity contribution in [1.82, 2.24) is 20.0 Å². The molecule has 0 bridgehead atoms. The Morgan fingerprint density at radius 1 is 1.25 bits per heavy atom. The lowest BCUT2D eigenvalue weighted by atomic mass is 9.94. The zero-order valence-electron chi connectivity index (χ0n) is 13.6. The molecule has 3 heterocycles. The number of amides is 1. The van der Waals surface area contributed by atoms with E-state index >= 15 is 0 Å². The van der Waals surface area contributed by atoms with E-state index < -0.39 is 11.9 Å². The van der Waals surface area contributed by atoms with Crippen molar-refractivity contribution in [2.45, 2.75) is 44.2 Å². The number of nitrogens with zero attached hydrogens (tertiary/aromatic N) is 3. The minimum absolute atomic E-state index is 0.0655. The number of alkyl halides is 3. The average molecular weight is 344 g/mol. The number of piperidine rings is 1. The first kappa shape index (κ1) is 17.3. The standard InChI is InChI=1S/C16H23F3N4O/c17-16(18,19)14-10-13(20-21-14)12-4-1-6-22(11-12)7-3-9-23-8-2-5-15(23)24/h10,12H,1-9,11H2,(H,20,21)/t12-/m1/s1. The molecule has 0 spiro atoms. The lowest BCUT2D eigenvalue weighted by molar-refractivity contribution is -0.141. The first-order valence-corrected chi connectivity index (χ1v) is 8.56. The second-order valence-electron chi connectivity index (χ2n) is 6.68. The molecular weight excluding hydrogens is 321 g/mol. The van der Waals surface area contributed by atoms with Gasteiger partial charge in [0.05, 0.1) is 0 Å². The van der Waals surface area contributed by atoms with Gasteiger partial charge in [-0.2, -0.15) is 18.3 Å². The average Bonchev–Trinajstić information content (AvgIpc) is 3.17. The molecule has 1 aromatic rings. The summed E-state index contributed by atoms with van der Waals surface area (Å²) in [6.45, 7) is 4.22. The molecule has 8 heteroatoms. The van der Waals surface area contributed by atoms with Crippen molar-refractivity contribution in [1.29, 1.82) is 0 Å². The second-order valence-corrected chi connectivity index (χ2v) is 6.68. The van der Waals surface area contributed by atoms with Gasteiger partial charge in [0.25, 0.3) is 0 Å². The molecule has 1 aromatic heterocycles. The molecule has 5 nitrogen and oxygen atoms in total. The van der Waals surface area contributed by atoms with Crippen molar-refractivity contribution >= 4 is 5.91 Å². The molecule has 2 aliphatic heterocycles. The summed E-state index contributed by atoms with van der Waals surface area (Å²) < 4.78 is 38.0. The van der Waals surface area contributed by atoms with E-state index in [1.807, 2.05) is 4.90 Å². The zero-order chi connectivity index (χ0) is 17.2. The van der Waals surface area contributed by atoms with Crippen molar-refractivity contribution in [2.75, 3.05) is 32.7 Å². The number of aromatic amines is 1. The van der Waals surface area contributed by atoms with Crippen LogP contribution in [0.3, 0.4) is 0 Å². The molecule has 0 saturated carbocycles. The van der Waals surface area contributed by atoms with E-state index in [-0.39, 0.29) is 11.8 Å². The third-order valence-electron chi connectivity index (χ3n) is 4.91. The Hall–Kier alpha value is -1.57. The normalized spacial score (nSPS) is 23.2. The van der Waals surface area contributed by atoms with Gasteiger partial charge in [0, 0.05) is 37.7 Å². The highest BCUT2D eigenvalue weighted by molar-refractivity contribution is 5.77. The molecule has 0 unspecified atom stereocenters. The number of rotatable bonds is 5. The summed E-state index contributed by atoms with van der Waals surface area (Å²) in [7, 11) is 0. The van der Waals surface area contributed by atoms with E-state index in [0.29, 0.717) is 12.1 Å². The molecule has 0 radical (unpaired) electrons. The quantitative estimate of drug-likeness (QED) is 0.893. The fraction of sp³-hybridized carbons (Fsp3) is 0.750. The Balaban J connectivity index is 1.49. The van der Waals surface area contributed by atoms with Crippen molar-refractivity contribution < 1.29 is 18.0 Å². The van der Waals surface area contributed by atoms with Crippen LogP contribution in [0, 0.1) is 0 Å². The van der Waals surface area contributed by atoms with Crippen LogP contribution in [0.25, 0.3) is 0 Å². The number of nitrogens with one attached hydrogen (secondary N) is 1. The van der Waals surface area contributed by atoms with Gasteiger partial charge < -0.3 is 9.80 Å². The number of carbonyl (C=O) groups is 1. The van der Waals surface area contributed by atoms with Gasteiger partial charge in [-0.1, -0.05) is 0 Å². The molecule has 1 atom stereocenters. The maximum Gasteiger partial charge on any atom is 0.435 e. The van der Waals surface area contributed by atoms with Gasteiger partial charge in [-0.3, -0.25) is 9.89 Å². The molecule has 1 amide bonds. The minimum Gasteiger partial charge on any atom is -0.343 e. The number of halogens is 3. The largest absolute Gasteiger partial charge is 0.435 e. The summed E-state index contributed by atoms with van der Waals surface area (Å²) in [5.74, 6) is 0.305. The highest BCUT2D eigenvalue weighted by Gasteiger charge is 2.35. The Bertz CT molecular complexity index is 572. The first-order chi connectivity index (χ1) is 11.4. The van der Waals surface area contributed by atoms with Crippen LogP contribution in [0.4, 0.5) is 13.2 Å². The van der Waals surface area contributed by atoms with Crippen LogP contribution in [0.2, 0.25) is 0 Å². The van der Waals surface area contributed by atoms with E-state index in [1.54, 1.807) is 0 Å². The molecule has 0 aromatic carbocycles.